The van der Waals surface area contributed by atoms with E-state index in [-0.39, 0.29) is 16.5 Å². The van der Waals surface area contributed by atoms with Crippen molar-refractivity contribution in [2.75, 3.05) is 0 Å². The Balaban J connectivity index is 1.48. The first-order valence-electron chi connectivity index (χ1n) is 10.9. The molecule has 0 aliphatic carbocycles. The highest BCUT2D eigenvalue weighted by Gasteiger charge is 2.35. The van der Waals surface area contributed by atoms with Crippen LogP contribution in [-0.2, 0) is 17.9 Å². The molecule has 35 heavy (non-hydrogen) atoms. The molecule has 7 heteroatoms. The van der Waals surface area contributed by atoms with Crippen LogP contribution in [0.15, 0.2) is 89.8 Å². The average Bonchev–Trinajstić information content (AvgIpc) is 3.13. The van der Waals surface area contributed by atoms with Gasteiger partial charge in [0.25, 0.3) is 11.1 Å². The largest absolute Gasteiger partial charge is 0.488 e. The summed E-state index contributed by atoms with van der Waals surface area (Å²) in [6, 6.07) is 25.3. The molecular formula is C28H19ClFNO3S. The third-order valence-electron chi connectivity index (χ3n) is 5.66. The molecule has 1 heterocycles. The fourth-order valence-electron chi connectivity index (χ4n) is 3.87. The van der Waals surface area contributed by atoms with Gasteiger partial charge in [-0.25, -0.2) is 4.39 Å². The van der Waals surface area contributed by atoms with Crippen molar-refractivity contribution in [3.63, 3.8) is 0 Å². The molecule has 4 aromatic rings. The van der Waals surface area contributed by atoms with E-state index in [1.54, 1.807) is 6.08 Å². The van der Waals surface area contributed by atoms with Crippen LogP contribution < -0.4 is 4.74 Å². The van der Waals surface area contributed by atoms with E-state index in [2.05, 4.69) is 0 Å². The van der Waals surface area contributed by atoms with E-state index in [1.165, 1.54) is 12.1 Å². The summed E-state index contributed by atoms with van der Waals surface area (Å²) >= 11 is 6.98. The Morgan fingerprint density at radius 1 is 0.943 bits per heavy atom. The van der Waals surface area contributed by atoms with Gasteiger partial charge in [-0.15, -0.1) is 0 Å². The summed E-state index contributed by atoms with van der Waals surface area (Å²) in [5, 5.41) is 1.65. The number of carbonyl (C=O) groups excluding carboxylic acids is 2. The molecule has 0 bridgehead atoms. The third-order valence-corrected chi connectivity index (χ3v) is 6.92. The molecule has 0 spiro atoms. The summed E-state index contributed by atoms with van der Waals surface area (Å²) < 4.78 is 19.5. The fourth-order valence-corrected chi connectivity index (χ4v) is 4.92. The molecule has 0 N–H and O–H groups in total. The zero-order valence-corrected chi connectivity index (χ0v) is 20.0. The van der Waals surface area contributed by atoms with Gasteiger partial charge in [-0.2, -0.15) is 0 Å². The number of hydrogen-bond donors (Lipinski definition) is 0. The van der Waals surface area contributed by atoms with Crippen LogP contribution in [0.4, 0.5) is 9.18 Å². The molecule has 5 rings (SSSR count). The van der Waals surface area contributed by atoms with Crippen molar-refractivity contribution in [2.24, 2.45) is 0 Å². The summed E-state index contributed by atoms with van der Waals surface area (Å²) in [7, 11) is 0. The Morgan fingerprint density at radius 2 is 1.71 bits per heavy atom. The second kappa shape index (κ2) is 9.94. The zero-order valence-electron chi connectivity index (χ0n) is 18.4. The molecule has 0 aromatic heterocycles. The second-order valence-corrected chi connectivity index (χ2v) is 9.38. The first-order chi connectivity index (χ1) is 17.0. The normalized spacial score (nSPS) is 14.8. The molecule has 1 saturated heterocycles. The van der Waals surface area contributed by atoms with Crippen LogP contribution in [0.2, 0.25) is 5.02 Å². The van der Waals surface area contributed by atoms with E-state index in [4.69, 9.17) is 16.3 Å². The number of nitrogens with zero attached hydrogens (tertiary/aromatic N) is 1. The van der Waals surface area contributed by atoms with Gasteiger partial charge in [0.05, 0.1) is 11.4 Å². The van der Waals surface area contributed by atoms with Gasteiger partial charge in [0, 0.05) is 10.6 Å². The number of fused-ring (bicyclic) bond motifs is 1. The smallest absolute Gasteiger partial charge is 0.293 e. The minimum Gasteiger partial charge on any atom is -0.488 e. The van der Waals surface area contributed by atoms with Crippen molar-refractivity contribution >= 4 is 51.4 Å². The summed E-state index contributed by atoms with van der Waals surface area (Å²) in [5.41, 5.74) is 2.24. The van der Waals surface area contributed by atoms with Gasteiger partial charge in [-0.3, -0.25) is 14.5 Å². The van der Waals surface area contributed by atoms with E-state index in [9.17, 15) is 14.0 Å². The number of rotatable bonds is 6. The Kier molecular flexibility index (Phi) is 6.57. The zero-order chi connectivity index (χ0) is 24.4. The lowest BCUT2D eigenvalue weighted by molar-refractivity contribution is -0.123. The van der Waals surface area contributed by atoms with Crippen LogP contribution >= 0.6 is 23.4 Å². The molecule has 1 aliphatic heterocycles. The van der Waals surface area contributed by atoms with Crippen molar-refractivity contribution < 1.29 is 18.7 Å². The first-order valence-corrected chi connectivity index (χ1v) is 12.1. The van der Waals surface area contributed by atoms with Gasteiger partial charge in [-0.1, -0.05) is 78.3 Å². The maximum absolute atomic E-state index is 13.4. The summed E-state index contributed by atoms with van der Waals surface area (Å²) in [5.74, 6) is -0.296. The number of thioether (sulfide) groups is 1. The lowest BCUT2D eigenvalue weighted by atomic mass is 10.0. The molecule has 174 valence electrons. The Morgan fingerprint density at radius 3 is 2.51 bits per heavy atom. The minimum absolute atomic E-state index is 0.0337. The predicted molar refractivity (Wildman–Crippen MR) is 138 cm³/mol. The molecule has 1 aliphatic rings. The van der Waals surface area contributed by atoms with E-state index < -0.39 is 17.0 Å². The topological polar surface area (TPSA) is 46.6 Å². The van der Waals surface area contributed by atoms with Crippen molar-refractivity contribution in [1.82, 2.24) is 4.90 Å². The Hall–Kier alpha value is -3.61. The lowest BCUT2D eigenvalue weighted by Gasteiger charge is -2.14. The maximum Gasteiger partial charge on any atom is 0.293 e. The predicted octanol–water partition coefficient (Wildman–Crippen LogP) is 7.45. The number of benzene rings is 4. The third kappa shape index (κ3) is 4.94. The van der Waals surface area contributed by atoms with Crippen molar-refractivity contribution in [3.05, 3.63) is 117 Å². The SMILES string of the molecule is O=C1S/C(=C\c2c(OCc3ccccc3)ccc3ccccc23)C(=O)N1Cc1ccc(F)cc1Cl. The van der Waals surface area contributed by atoms with Gasteiger partial charge >= 0.3 is 0 Å². The Labute approximate surface area is 211 Å². The monoisotopic (exact) mass is 503 g/mol. The van der Waals surface area contributed by atoms with Crippen LogP contribution in [0.25, 0.3) is 16.8 Å². The molecule has 4 nitrogen and oxygen atoms in total. The van der Waals surface area contributed by atoms with Crippen LogP contribution in [-0.4, -0.2) is 16.0 Å². The van der Waals surface area contributed by atoms with Gasteiger partial charge in [0.15, 0.2) is 0 Å². The number of hydrogen-bond acceptors (Lipinski definition) is 4. The molecule has 0 unspecified atom stereocenters. The average molecular weight is 504 g/mol. The van der Waals surface area contributed by atoms with Crippen molar-refractivity contribution in [3.8, 4) is 5.75 Å². The second-order valence-electron chi connectivity index (χ2n) is 7.98. The fraction of sp³-hybridized carbons (Fsp3) is 0.0714. The van der Waals surface area contributed by atoms with Gasteiger partial charge in [-0.05, 0) is 57.9 Å². The lowest BCUT2D eigenvalue weighted by Crippen LogP contribution is -2.27. The number of ether oxygens (including phenoxy) is 1. The maximum atomic E-state index is 13.4. The van der Waals surface area contributed by atoms with E-state index >= 15 is 0 Å². The minimum atomic E-state index is -0.480. The van der Waals surface area contributed by atoms with Gasteiger partial charge < -0.3 is 4.74 Å². The van der Waals surface area contributed by atoms with Crippen LogP contribution in [0, 0.1) is 5.82 Å². The highest BCUT2D eigenvalue weighted by atomic mass is 35.5. The Bertz CT molecular complexity index is 1470. The molecule has 4 aromatic carbocycles. The molecule has 0 radical (unpaired) electrons. The van der Waals surface area contributed by atoms with E-state index in [1.807, 2.05) is 66.7 Å². The molecule has 0 atom stereocenters. The van der Waals surface area contributed by atoms with E-state index in [0.29, 0.717) is 17.9 Å². The highest BCUT2D eigenvalue weighted by Crippen LogP contribution is 2.38. The number of halogens is 2. The highest BCUT2D eigenvalue weighted by molar-refractivity contribution is 8.18. The van der Waals surface area contributed by atoms with Crippen LogP contribution in [0.3, 0.4) is 0 Å². The summed E-state index contributed by atoms with van der Waals surface area (Å²) in [6.45, 7) is 0.332. The first kappa shape index (κ1) is 23.1. The van der Waals surface area contributed by atoms with E-state index in [0.717, 1.165) is 44.6 Å². The number of imide groups is 1. The van der Waals surface area contributed by atoms with Crippen LogP contribution in [0.5, 0.6) is 5.75 Å². The van der Waals surface area contributed by atoms with Gasteiger partial charge in [0.2, 0.25) is 0 Å². The molecule has 0 saturated carbocycles. The molecule has 2 amide bonds. The standard InChI is InChI=1S/C28H19ClFNO3S/c29-24-14-21(30)12-10-20(24)16-31-27(32)26(35-28(31)33)15-23-22-9-5-4-8-19(22)11-13-25(23)34-17-18-6-2-1-3-7-18/h1-15H,16-17H2/b26-15-. The summed E-state index contributed by atoms with van der Waals surface area (Å²) in [6.07, 6.45) is 1.71. The summed E-state index contributed by atoms with van der Waals surface area (Å²) in [4.78, 5) is 27.3. The molecular weight excluding hydrogens is 485 g/mol. The van der Waals surface area contributed by atoms with Gasteiger partial charge in [0.1, 0.15) is 18.2 Å². The van der Waals surface area contributed by atoms with Crippen molar-refractivity contribution in [1.29, 1.82) is 0 Å². The number of amides is 2. The van der Waals surface area contributed by atoms with Crippen molar-refractivity contribution in [2.45, 2.75) is 13.2 Å². The quantitative estimate of drug-likeness (QED) is 0.256. The number of carbonyl (C=O) groups is 2. The van der Waals surface area contributed by atoms with Crippen LogP contribution in [0.1, 0.15) is 16.7 Å². The molecule has 1 fully saturated rings.